The molecule has 1 heterocycles. The van der Waals surface area contributed by atoms with Gasteiger partial charge in [-0.15, -0.1) is 0 Å². The van der Waals surface area contributed by atoms with Gasteiger partial charge in [-0.05, 0) is 44.5 Å². The van der Waals surface area contributed by atoms with Crippen molar-refractivity contribution >= 4 is 27.3 Å². The molecule has 1 saturated heterocycles. The Morgan fingerprint density at radius 3 is 2.54 bits per heavy atom. The maximum atomic E-state index is 13.2. The number of hydrogen-bond acceptors (Lipinski definition) is 5. The highest BCUT2D eigenvalue weighted by atomic mass is 35.5. The van der Waals surface area contributed by atoms with E-state index in [1.54, 1.807) is 13.2 Å². The molecule has 28 heavy (non-hydrogen) atoms. The van der Waals surface area contributed by atoms with Crippen LogP contribution >= 0.6 is 11.6 Å². The molecule has 156 valence electrons. The lowest BCUT2D eigenvalue weighted by atomic mass is 10.1. The van der Waals surface area contributed by atoms with Crippen molar-refractivity contribution in [2.75, 3.05) is 32.2 Å². The average molecular weight is 429 g/mol. The fourth-order valence-electron chi connectivity index (χ4n) is 4.41. The lowest BCUT2D eigenvalue weighted by molar-refractivity contribution is -0.136. The van der Waals surface area contributed by atoms with Crippen molar-refractivity contribution < 1.29 is 17.9 Å². The molecule has 1 amide bonds. The van der Waals surface area contributed by atoms with E-state index < -0.39 is 9.84 Å². The van der Waals surface area contributed by atoms with E-state index >= 15 is 0 Å². The minimum atomic E-state index is -3.03. The van der Waals surface area contributed by atoms with Crippen LogP contribution in [0.25, 0.3) is 0 Å². The standard InChI is InChI=1S/C20H29ClN2O4S/c1-22(12-15-11-16(21)7-8-19(15)27-2)13-20(24)23(17-5-3-4-6-17)18-9-10-28(25,26)14-18/h7-8,11,17-18H,3-6,9-10,12-14H2,1-2H3/t18-/m1/s1. The zero-order valence-electron chi connectivity index (χ0n) is 16.6. The lowest BCUT2D eigenvalue weighted by Crippen LogP contribution is -2.50. The van der Waals surface area contributed by atoms with Gasteiger partial charge in [-0.3, -0.25) is 9.69 Å². The number of carbonyl (C=O) groups excluding carboxylic acids is 1. The van der Waals surface area contributed by atoms with Gasteiger partial charge in [0.1, 0.15) is 5.75 Å². The molecular weight excluding hydrogens is 400 g/mol. The first-order chi connectivity index (χ1) is 13.3. The van der Waals surface area contributed by atoms with Gasteiger partial charge in [-0.25, -0.2) is 8.42 Å². The Morgan fingerprint density at radius 2 is 1.93 bits per heavy atom. The molecule has 1 aromatic carbocycles. The number of carbonyl (C=O) groups is 1. The summed E-state index contributed by atoms with van der Waals surface area (Å²) in [5.41, 5.74) is 0.918. The molecule has 2 aliphatic rings. The van der Waals surface area contributed by atoms with Gasteiger partial charge in [0.15, 0.2) is 9.84 Å². The Hall–Kier alpha value is -1.31. The third-order valence-electron chi connectivity index (χ3n) is 5.70. The molecular formula is C20H29ClN2O4S. The Morgan fingerprint density at radius 1 is 1.21 bits per heavy atom. The number of rotatable bonds is 7. The third-order valence-corrected chi connectivity index (χ3v) is 7.68. The fraction of sp³-hybridized carbons (Fsp3) is 0.650. The summed E-state index contributed by atoms with van der Waals surface area (Å²) in [4.78, 5) is 17.0. The number of likely N-dealkylation sites (N-methyl/N-ethyl adjacent to an activating group) is 1. The zero-order chi connectivity index (χ0) is 20.3. The predicted molar refractivity (Wildman–Crippen MR) is 110 cm³/mol. The minimum Gasteiger partial charge on any atom is -0.496 e. The van der Waals surface area contributed by atoms with Crippen LogP contribution in [0.1, 0.15) is 37.7 Å². The number of sulfone groups is 1. The van der Waals surface area contributed by atoms with E-state index in [2.05, 4.69) is 0 Å². The normalized spacial score (nSPS) is 21.9. The highest BCUT2D eigenvalue weighted by Crippen LogP contribution is 2.29. The summed E-state index contributed by atoms with van der Waals surface area (Å²) >= 11 is 6.11. The molecule has 0 bridgehead atoms. The number of methoxy groups -OCH3 is 1. The molecule has 1 atom stereocenters. The molecule has 0 radical (unpaired) electrons. The molecule has 1 aliphatic heterocycles. The van der Waals surface area contributed by atoms with Gasteiger partial charge in [0, 0.05) is 29.2 Å². The summed E-state index contributed by atoms with van der Waals surface area (Å²) in [6.45, 7) is 0.764. The molecule has 0 unspecified atom stereocenters. The smallest absolute Gasteiger partial charge is 0.237 e. The van der Waals surface area contributed by atoms with E-state index in [0.29, 0.717) is 18.0 Å². The van der Waals surface area contributed by atoms with Crippen LogP contribution in [-0.4, -0.2) is 68.4 Å². The number of halogens is 1. The molecule has 0 N–H and O–H groups in total. The first-order valence-electron chi connectivity index (χ1n) is 9.81. The molecule has 8 heteroatoms. The first-order valence-corrected chi connectivity index (χ1v) is 12.0. The van der Waals surface area contributed by atoms with Crippen LogP contribution in [0.2, 0.25) is 5.02 Å². The van der Waals surface area contributed by atoms with E-state index in [9.17, 15) is 13.2 Å². The number of hydrogen-bond donors (Lipinski definition) is 0. The number of benzene rings is 1. The summed E-state index contributed by atoms with van der Waals surface area (Å²) < 4.78 is 29.3. The van der Waals surface area contributed by atoms with Gasteiger partial charge in [0.05, 0.1) is 25.2 Å². The van der Waals surface area contributed by atoms with Gasteiger partial charge in [0.25, 0.3) is 0 Å². The van der Waals surface area contributed by atoms with Crippen LogP contribution in [0.5, 0.6) is 5.75 Å². The van der Waals surface area contributed by atoms with Crippen LogP contribution in [0.3, 0.4) is 0 Å². The van der Waals surface area contributed by atoms with E-state index in [0.717, 1.165) is 37.0 Å². The maximum Gasteiger partial charge on any atom is 0.237 e. The van der Waals surface area contributed by atoms with E-state index in [4.69, 9.17) is 16.3 Å². The predicted octanol–water partition coefficient (Wildman–Crippen LogP) is 2.74. The molecule has 6 nitrogen and oxygen atoms in total. The van der Waals surface area contributed by atoms with Crippen molar-refractivity contribution in [1.82, 2.24) is 9.80 Å². The number of nitrogens with zero attached hydrogens (tertiary/aromatic N) is 2. The molecule has 1 saturated carbocycles. The van der Waals surface area contributed by atoms with Gasteiger partial charge < -0.3 is 9.64 Å². The Balaban J connectivity index is 1.70. The minimum absolute atomic E-state index is 0.0116. The monoisotopic (exact) mass is 428 g/mol. The number of ether oxygens (including phenoxy) is 1. The van der Waals surface area contributed by atoms with Crippen molar-refractivity contribution in [2.24, 2.45) is 0 Å². The highest BCUT2D eigenvalue weighted by molar-refractivity contribution is 7.91. The molecule has 1 aliphatic carbocycles. The summed E-state index contributed by atoms with van der Waals surface area (Å²) in [7, 11) is 0.464. The van der Waals surface area contributed by atoms with Crippen LogP contribution in [0.15, 0.2) is 18.2 Å². The average Bonchev–Trinajstić information content (AvgIpc) is 3.25. The van der Waals surface area contributed by atoms with E-state index in [1.165, 1.54) is 0 Å². The number of amides is 1. The van der Waals surface area contributed by atoms with Crippen molar-refractivity contribution in [3.8, 4) is 5.75 Å². The van der Waals surface area contributed by atoms with Crippen molar-refractivity contribution in [1.29, 1.82) is 0 Å². The van der Waals surface area contributed by atoms with Crippen LogP contribution in [0, 0.1) is 0 Å². The summed E-state index contributed by atoms with van der Waals surface area (Å²) in [6.07, 6.45) is 4.69. The van der Waals surface area contributed by atoms with Gasteiger partial charge in [-0.2, -0.15) is 0 Å². The van der Waals surface area contributed by atoms with Gasteiger partial charge in [-0.1, -0.05) is 24.4 Å². The zero-order valence-corrected chi connectivity index (χ0v) is 18.1. The SMILES string of the molecule is COc1ccc(Cl)cc1CN(C)CC(=O)N(C1CCCC1)[C@@H]1CCS(=O)(=O)C1. The second-order valence-electron chi connectivity index (χ2n) is 7.92. The molecule has 0 aromatic heterocycles. The molecule has 3 rings (SSSR count). The maximum absolute atomic E-state index is 13.2. The fourth-order valence-corrected chi connectivity index (χ4v) is 6.32. The van der Waals surface area contributed by atoms with Crippen LogP contribution in [0.4, 0.5) is 0 Å². The topological polar surface area (TPSA) is 66.9 Å². The summed E-state index contributed by atoms with van der Waals surface area (Å²) in [5.74, 6) is 1.03. The second-order valence-corrected chi connectivity index (χ2v) is 10.6. The Bertz CT molecular complexity index is 808. The largest absolute Gasteiger partial charge is 0.496 e. The summed E-state index contributed by atoms with van der Waals surface area (Å²) in [6, 6.07) is 5.42. The highest BCUT2D eigenvalue weighted by Gasteiger charge is 2.39. The second kappa shape index (κ2) is 9.01. The van der Waals surface area contributed by atoms with Crippen LogP contribution in [-0.2, 0) is 21.2 Å². The van der Waals surface area contributed by atoms with E-state index in [1.807, 2.05) is 29.0 Å². The van der Waals surface area contributed by atoms with Crippen molar-refractivity contribution in [3.63, 3.8) is 0 Å². The molecule has 0 spiro atoms. The first kappa shape index (κ1) is 21.4. The van der Waals surface area contributed by atoms with Crippen molar-refractivity contribution in [2.45, 2.75) is 50.7 Å². The summed E-state index contributed by atoms with van der Waals surface area (Å²) in [5, 5.41) is 0.624. The molecule has 1 aromatic rings. The lowest BCUT2D eigenvalue weighted by Gasteiger charge is -2.35. The Labute approximate surface area is 172 Å². The van der Waals surface area contributed by atoms with Crippen LogP contribution < -0.4 is 4.74 Å². The van der Waals surface area contributed by atoms with Crippen molar-refractivity contribution in [3.05, 3.63) is 28.8 Å². The third kappa shape index (κ3) is 5.19. The quantitative estimate of drug-likeness (QED) is 0.668. The van der Waals surface area contributed by atoms with E-state index in [-0.39, 0.29) is 36.0 Å². The Kier molecular flexibility index (Phi) is 6.89. The van der Waals surface area contributed by atoms with Gasteiger partial charge >= 0.3 is 0 Å². The molecule has 2 fully saturated rings. The van der Waals surface area contributed by atoms with Gasteiger partial charge in [0.2, 0.25) is 5.91 Å².